The number of halogens is 1. The molecular formula is C15H11FN4. The first kappa shape index (κ1) is 12.3. The fourth-order valence-corrected chi connectivity index (χ4v) is 2.13. The van der Waals surface area contributed by atoms with Crippen molar-refractivity contribution >= 4 is 11.0 Å². The van der Waals surface area contributed by atoms with Crippen LogP contribution in [-0.4, -0.2) is 14.8 Å². The number of hydrogen-bond acceptors (Lipinski definition) is 3. The van der Waals surface area contributed by atoms with E-state index in [1.165, 1.54) is 6.07 Å². The molecule has 0 spiro atoms. The van der Waals surface area contributed by atoms with Crippen LogP contribution < -0.4 is 0 Å². The van der Waals surface area contributed by atoms with Crippen molar-refractivity contribution in [2.24, 2.45) is 0 Å². The van der Waals surface area contributed by atoms with Gasteiger partial charge < -0.3 is 0 Å². The van der Waals surface area contributed by atoms with E-state index in [4.69, 9.17) is 5.26 Å². The van der Waals surface area contributed by atoms with Gasteiger partial charge in [0.2, 0.25) is 0 Å². The Hall–Kier alpha value is -2.74. The molecule has 0 fully saturated rings. The van der Waals surface area contributed by atoms with Gasteiger partial charge in [0, 0.05) is 11.3 Å². The molecular weight excluding hydrogens is 255 g/mol. The Morgan fingerprint density at radius 1 is 1.25 bits per heavy atom. The maximum atomic E-state index is 13.7. The molecule has 1 aromatic carbocycles. The number of rotatable bonds is 2. The number of benzene rings is 1. The highest BCUT2D eigenvalue weighted by Crippen LogP contribution is 2.18. The summed E-state index contributed by atoms with van der Waals surface area (Å²) in [6, 6.07) is 12.2. The van der Waals surface area contributed by atoms with Crippen molar-refractivity contribution in [1.29, 1.82) is 5.26 Å². The van der Waals surface area contributed by atoms with Gasteiger partial charge in [-0.2, -0.15) is 10.4 Å². The average Bonchev–Trinajstić information content (AvgIpc) is 2.79. The molecule has 3 aromatic rings. The van der Waals surface area contributed by atoms with Crippen LogP contribution in [0.4, 0.5) is 4.39 Å². The smallest absolute Gasteiger partial charge is 0.172 e. The first-order valence-corrected chi connectivity index (χ1v) is 6.16. The third-order valence-corrected chi connectivity index (χ3v) is 3.12. The standard InChI is InChI=1S/C15H11FN4/c1-10-6-7-12-14(8-17)19-20(15(12)18-10)9-11-4-2-3-5-13(11)16/h2-7H,9H2,1H3. The lowest BCUT2D eigenvalue weighted by atomic mass is 10.2. The van der Waals surface area contributed by atoms with Gasteiger partial charge in [-0.05, 0) is 25.1 Å². The van der Waals surface area contributed by atoms with Gasteiger partial charge in [-0.25, -0.2) is 14.1 Å². The minimum atomic E-state index is -0.290. The van der Waals surface area contributed by atoms with E-state index in [0.29, 0.717) is 22.3 Å². The van der Waals surface area contributed by atoms with E-state index in [0.717, 1.165) is 5.69 Å². The first-order chi connectivity index (χ1) is 9.69. The van der Waals surface area contributed by atoms with Crippen LogP contribution in [0.15, 0.2) is 36.4 Å². The highest BCUT2D eigenvalue weighted by Gasteiger charge is 2.13. The van der Waals surface area contributed by atoms with Crippen LogP contribution in [0.5, 0.6) is 0 Å². The molecule has 0 aliphatic carbocycles. The van der Waals surface area contributed by atoms with Crippen LogP contribution in [0.25, 0.3) is 11.0 Å². The fourth-order valence-electron chi connectivity index (χ4n) is 2.13. The lowest BCUT2D eigenvalue weighted by molar-refractivity contribution is 0.588. The largest absolute Gasteiger partial charge is 0.241 e. The summed E-state index contributed by atoms with van der Waals surface area (Å²) in [6.07, 6.45) is 0. The van der Waals surface area contributed by atoms with Crippen molar-refractivity contribution in [2.75, 3.05) is 0 Å². The van der Waals surface area contributed by atoms with Crippen molar-refractivity contribution in [3.8, 4) is 6.07 Å². The lowest BCUT2D eigenvalue weighted by Crippen LogP contribution is -2.05. The molecule has 98 valence electrons. The molecule has 5 heteroatoms. The van der Waals surface area contributed by atoms with E-state index in [9.17, 15) is 4.39 Å². The summed E-state index contributed by atoms with van der Waals surface area (Å²) in [7, 11) is 0. The highest BCUT2D eigenvalue weighted by molar-refractivity contribution is 5.81. The maximum Gasteiger partial charge on any atom is 0.172 e. The second-order valence-electron chi connectivity index (χ2n) is 4.53. The number of pyridine rings is 1. The van der Waals surface area contributed by atoms with E-state index in [1.807, 2.05) is 25.1 Å². The second-order valence-corrected chi connectivity index (χ2v) is 4.53. The van der Waals surface area contributed by atoms with Gasteiger partial charge in [-0.15, -0.1) is 0 Å². The van der Waals surface area contributed by atoms with Crippen LogP contribution in [0, 0.1) is 24.1 Å². The monoisotopic (exact) mass is 266 g/mol. The minimum absolute atomic E-state index is 0.251. The van der Waals surface area contributed by atoms with E-state index >= 15 is 0 Å². The van der Waals surface area contributed by atoms with Gasteiger partial charge in [-0.1, -0.05) is 18.2 Å². The Morgan fingerprint density at radius 3 is 2.80 bits per heavy atom. The van der Waals surface area contributed by atoms with Crippen molar-refractivity contribution in [1.82, 2.24) is 14.8 Å². The van der Waals surface area contributed by atoms with Gasteiger partial charge in [0.15, 0.2) is 11.3 Å². The Balaban J connectivity index is 2.15. The molecule has 0 aliphatic heterocycles. The lowest BCUT2D eigenvalue weighted by Gasteiger charge is -2.04. The Morgan fingerprint density at radius 2 is 2.05 bits per heavy atom. The Bertz CT molecular complexity index is 829. The zero-order valence-corrected chi connectivity index (χ0v) is 10.8. The van der Waals surface area contributed by atoms with E-state index < -0.39 is 0 Å². The number of hydrogen-bond donors (Lipinski definition) is 0. The summed E-state index contributed by atoms with van der Waals surface area (Å²) in [5.41, 5.74) is 2.26. The van der Waals surface area contributed by atoms with Gasteiger partial charge in [0.25, 0.3) is 0 Å². The minimum Gasteiger partial charge on any atom is -0.241 e. The summed E-state index contributed by atoms with van der Waals surface area (Å²) < 4.78 is 15.3. The molecule has 0 saturated carbocycles. The summed E-state index contributed by atoms with van der Waals surface area (Å²) in [4.78, 5) is 4.40. The van der Waals surface area contributed by atoms with Gasteiger partial charge in [0.05, 0.1) is 11.9 Å². The van der Waals surface area contributed by atoms with Gasteiger partial charge >= 0.3 is 0 Å². The molecule has 0 unspecified atom stereocenters. The third-order valence-electron chi connectivity index (χ3n) is 3.12. The summed E-state index contributed by atoms with van der Waals surface area (Å²) in [5, 5.41) is 14.0. The summed E-state index contributed by atoms with van der Waals surface area (Å²) >= 11 is 0. The molecule has 4 nitrogen and oxygen atoms in total. The quantitative estimate of drug-likeness (QED) is 0.716. The van der Waals surface area contributed by atoms with E-state index in [-0.39, 0.29) is 12.4 Å². The molecule has 0 atom stereocenters. The molecule has 2 aromatic heterocycles. The Kier molecular flexibility index (Phi) is 2.92. The van der Waals surface area contributed by atoms with Crippen molar-refractivity contribution in [3.05, 3.63) is 59.2 Å². The number of nitriles is 1. The molecule has 3 rings (SSSR count). The van der Waals surface area contributed by atoms with E-state index in [2.05, 4.69) is 10.1 Å². The third kappa shape index (κ3) is 2.01. The fraction of sp³-hybridized carbons (Fsp3) is 0.133. The van der Waals surface area contributed by atoms with E-state index in [1.54, 1.807) is 22.9 Å². The normalized spacial score (nSPS) is 10.7. The van der Waals surface area contributed by atoms with Crippen molar-refractivity contribution < 1.29 is 4.39 Å². The first-order valence-electron chi connectivity index (χ1n) is 6.16. The number of nitrogens with zero attached hydrogens (tertiary/aromatic N) is 4. The summed E-state index contributed by atoms with van der Waals surface area (Å²) in [5.74, 6) is -0.290. The number of fused-ring (bicyclic) bond motifs is 1. The van der Waals surface area contributed by atoms with Crippen molar-refractivity contribution in [2.45, 2.75) is 13.5 Å². The Labute approximate surface area is 115 Å². The number of aryl methyl sites for hydroxylation is 1. The average molecular weight is 266 g/mol. The van der Waals surface area contributed by atoms with Gasteiger partial charge in [-0.3, -0.25) is 0 Å². The van der Waals surface area contributed by atoms with Crippen LogP contribution in [0.2, 0.25) is 0 Å². The van der Waals surface area contributed by atoms with Crippen LogP contribution in [0.3, 0.4) is 0 Å². The predicted octanol–water partition coefficient (Wildman–Crippen LogP) is 2.80. The SMILES string of the molecule is Cc1ccc2c(C#N)nn(Cc3ccccc3F)c2n1. The molecule has 0 bridgehead atoms. The molecule has 0 N–H and O–H groups in total. The molecule has 20 heavy (non-hydrogen) atoms. The maximum absolute atomic E-state index is 13.7. The zero-order valence-electron chi connectivity index (χ0n) is 10.8. The van der Waals surface area contributed by atoms with Crippen LogP contribution in [-0.2, 0) is 6.54 Å². The second kappa shape index (κ2) is 4.74. The number of aromatic nitrogens is 3. The molecule has 0 radical (unpaired) electrons. The van der Waals surface area contributed by atoms with Crippen LogP contribution >= 0.6 is 0 Å². The highest BCUT2D eigenvalue weighted by atomic mass is 19.1. The molecule has 0 aliphatic rings. The van der Waals surface area contributed by atoms with Gasteiger partial charge in [0.1, 0.15) is 11.9 Å². The van der Waals surface area contributed by atoms with Crippen LogP contribution in [0.1, 0.15) is 17.0 Å². The molecule has 0 saturated heterocycles. The predicted molar refractivity (Wildman–Crippen MR) is 72.5 cm³/mol. The molecule has 0 amide bonds. The summed E-state index contributed by atoms with van der Waals surface area (Å²) in [6.45, 7) is 2.12. The van der Waals surface area contributed by atoms with Crippen molar-refractivity contribution in [3.63, 3.8) is 0 Å². The zero-order chi connectivity index (χ0) is 14.1. The molecule has 2 heterocycles. The topological polar surface area (TPSA) is 54.5 Å².